The van der Waals surface area contributed by atoms with Crippen LogP contribution in [0, 0.1) is 0 Å². The summed E-state index contributed by atoms with van der Waals surface area (Å²) in [7, 11) is 3.48. The van der Waals surface area contributed by atoms with E-state index >= 15 is 0 Å². The van der Waals surface area contributed by atoms with Crippen LogP contribution in [0.1, 0.15) is 41.8 Å². The van der Waals surface area contributed by atoms with Gasteiger partial charge in [0.15, 0.2) is 8.45 Å². The third-order valence-electron chi connectivity index (χ3n) is 6.42. The molecule has 3 nitrogen and oxygen atoms in total. The fourth-order valence-corrected chi connectivity index (χ4v) is 6.84. The monoisotopic (exact) mass is 440 g/mol. The van der Waals surface area contributed by atoms with E-state index < -0.39 is 8.45 Å². The van der Waals surface area contributed by atoms with Crippen LogP contribution in [0.15, 0.2) is 103 Å². The van der Waals surface area contributed by atoms with Crippen molar-refractivity contribution in [3.8, 4) is 0 Å². The molecule has 0 saturated carbocycles. The zero-order valence-electron chi connectivity index (χ0n) is 18.8. The Hall–Kier alpha value is -2.55. The van der Waals surface area contributed by atoms with Crippen LogP contribution in [0.4, 0.5) is 0 Å². The van der Waals surface area contributed by atoms with Crippen LogP contribution in [-0.2, 0) is 4.52 Å². The number of nitrogens with zero attached hydrogens (tertiary/aromatic N) is 2. The number of benzene rings is 4. The van der Waals surface area contributed by atoms with E-state index in [1.807, 2.05) is 0 Å². The average molecular weight is 441 g/mol. The highest BCUT2D eigenvalue weighted by Crippen LogP contribution is 2.64. The van der Waals surface area contributed by atoms with Gasteiger partial charge in [0.1, 0.15) is 0 Å². The minimum absolute atomic E-state index is 0.00145. The van der Waals surface area contributed by atoms with E-state index in [1.54, 1.807) is 0 Å². The Morgan fingerprint density at radius 3 is 1.72 bits per heavy atom. The molecule has 0 radical (unpaired) electrons. The molecule has 3 atom stereocenters. The first kappa shape index (κ1) is 21.3. The predicted molar refractivity (Wildman–Crippen MR) is 134 cm³/mol. The van der Waals surface area contributed by atoms with E-state index in [4.69, 9.17) is 4.52 Å². The van der Waals surface area contributed by atoms with Crippen LogP contribution in [0.3, 0.4) is 0 Å². The standard InChI is InChI=1S/C28H29N2OP/c1-21(25-19-18-22-12-10-11-17-26(22)20-25)31-32-29(2)27(23-13-6-4-7-14-23)28(30(32)3)24-15-8-5-9-16-24/h4-21,27-28H,1-3H3/t21-,27+,28+/m0/s1. The maximum Gasteiger partial charge on any atom is 0.189 e. The molecule has 0 aliphatic carbocycles. The second kappa shape index (κ2) is 9.13. The smallest absolute Gasteiger partial charge is 0.189 e. The summed E-state index contributed by atoms with van der Waals surface area (Å²) < 4.78 is 11.7. The van der Waals surface area contributed by atoms with Crippen molar-refractivity contribution in [1.82, 2.24) is 9.34 Å². The Morgan fingerprint density at radius 1 is 0.656 bits per heavy atom. The highest BCUT2D eigenvalue weighted by atomic mass is 31.2. The molecule has 4 heteroatoms. The first-order chi connectivity index (χ1) is 15.6. The first-order valence-corrected chi connectivity index (χ1v) is 12.3. The SMILES string of the molecule is C[C@H](OP1N(C)[C@H](c2ccccc2)[C@@H](c2ccccc2)N1C)c1ccc2ccccc2c1. The molecule has 0 aromatic heterocycles. The lowest BCUT2D eigenvalue weighted by Crippen LogP contribution is -2.20. The van der Waals surface area contributed by atoms with Gasteiger partial charge in [0, 0.05) is 0 Å². The second-order valence-corrected chi connectivity index (χ2v) is 10.4. The summed E-state index contributed by atoms with van der Waals surface area (Å²) in [6.45, 7) is 2.17. The molecule has 0 amide bonds. The Balaban J connectivity index is 1.46. The zero-order valence-corrected chi connectivity index (χ0v) is 19.7. The molecule has 4 aromatic rings. The number of fused-ring (bicyclic) bond motifs is 1. The van der Waals surface area contributed by atoms with Gasteiger partial charge >= 0.3 is 0 Å². The van der Waals surface area contributed by atoms with Crippen LogP contribution >= 0.6 is 8.45 Å². The van der Waals surface area contributed by atoms with Gasteiger partial charge in [-0.25, -0.2) is 9.34 Å². The maximum atomic E-state index is 6.79. The molecule has 32 heavy (non-hydrogen) atoms. The minimum Gasteiger partial charge on any atom is -0.323 e. The molecule has 1 saturated heterocycles. The number of likely N-dealkylation sites (N-methyl/N-ethyl adjacent to an activating group) is 2. The summed E-state index contributed by atoms with van der Waals surface area (Å²) in [5.41, 5.74) is 3.86. The van der Waals surface area contributed by atoms with Crippen molar-refractivity contribution < 1.29 is 4.52 Å². The predicted octanol–water partition coefficient (Wildman–Crippen LogP) is 7.50. The van der Waals surface area contributed by atoms with Gasteiger partial charge in [0.05, 0.1) is 18.2 Å². The molecule has 1 heterocycles. The van der Waals surface area contributed by atoms with Gasteiger partial charge in [-0.05, 0) is 54.5 Å². The van der Waals surface area contributed by atoms with E-state index in [9.17, 15) is 0 Å². The molecule has 0 bridgehead atoms. The fraction of sp³-hybridized carbons (Fsp3) is 0.214. The third-order valence-corrected chi connectivity index (χ3v) is 8.50. The van der Waals surface area contributed by atoms with Gasteiger partial charge in [-0.3, -0.25) is 0 Å². The number of hydrogen-bond acceptors (Lipinski definition) is 3. The molecular weight excluding hydrogens is 411 g/mol. The lowest BCUT2D eigenvalue weighted by atomic mass is 9.93. The molecule has 4 aromatic carbocycles. The Kier molecular flexibility index (Phi) is 6.08. The summed E-state index contributed by atoms with van der Waals surface area (Å²) in [4.78, 5) is 0. The van der Waals surface area contributed by atoms with Crippen LogP contribution < -0.4 is 0 Å². The van der Waals surface area contributed by atoms with Crippen molar-refractivity contribution in [2.75, 3.05) is 14.1 Å². The van der Waals surface area contributed by atoms with Crippen LogP contribution in [0.2, 0.25) is 0 Å². The van der Waals surface area contributed by atoms with Crippen molar-refractivity contribution >= 4 is 19.2 Å². The lowest BCUT2D eigenvalue weighted by molar-refractivity contribution is 0.223. The zero-order chi connectivity index (χ0) is 22.1. The lowest BCUT2D eigenvalue weighted by Gasteiger charge is -2.28. The third kappa shape index (κ3) is 3.98. The van der Waals surface area contributed by atoms with Crippen LogP contribution in [0.5, 0.6) is 0 Å². The molecule has 1 fully saturated rings. The summed E-state index contributed by atoms with van der Waals surface area (Å²) in [5, 5.41) is 2.52. The Morgan fingerprint density at radius 2 is 1.16 bits per heavy atom. The quantitative estimate of drug-likeness (QED) is 0.299. The molecule has 1 aliphatic rings. The normalized spacial score (nSPS) is 21.2. The highest BCUT2D eigenvalue weighted by molar-refractivity contribution is 7.47. The number of rotatable bonds is 5. The van der Waals surface area contributed by atoms with Crippen LogP contribution in [0.25, 0.3) is 10.8 Å². The van der Waals surface area contributed by atoms with Crippen LogP contribution in [-0.4, -0.2) is 23.4 Å². The van der Waals surface area contributed by atoms with Gasteiger partial charge in [-0.2, -0.15) is 0 Å². The van der Waals surface area contributed by atoms with Gasteiger partial charge in [0.25, 0.3) is 0 Å². The van der Waals surface area contributed by atoms with Crippen molar-refractivity contribution in [3.05, 3.63) is 120 Å². The minimum atomic E-state index is -0.933. The van der Waals surface area contributed by atoms with E-state index in [1.165, 1.54) is 27.5 Å². The van der Waals surface area contributed by atoms with E-state index in [0.29, 0.717) is 0 Å². The fourth-order valence-electron chi connectivity index (χ4n) is 4.75. The topological polar surface area (TPSA) is 15.7 Å². The molecule has 0 spiro atoms. The molecule has 5 rings (SSSR count). The first-order valence-electron chi connectivity index (χ1n) is 11.1. The molecule has 162 valence electrons. The maximum absolute atomic E-state index is 6.79. The summed E-state index contributed by atoms with van der Waals surface area (Å²) >= 11 is 0. The molecule has 0 unspecified atom stereocenters. The van der Waals surface area contributed by atoms with Gasteiger partial charge in [-0.15, -0.1) is 0 Å². The molecule has 1 aliphatic heterocycles. The Bertz CT molecular complexity index is 1130. The van der Waals surface area contributed by atoms with E-state index in [-0.39, 0.29) is 18.2 Å². The van der Waals surface area contributed by atoms with Crippen molar-refractivity contribution in [2.45, 2.75) is 25.1 Å². The summed E-state index contributed by atoms with van der Waals surface area (Å²) in [6.07, 6.45) is 0.00145. The molecule has 0 N–H and O–H groups in total. The highest BCUT2D eigenvalue weighted by Gasteiger charge is 2.46. The van der Waals surface area contributed by atoms with Crippen molar-refractivity contribution in [3.63, 3.8) is 0 Å². The van der Waals surface area contributed by atoms with Crippen molar-refractivity contribution in [1.29, 1.82) is 0 Å². The van der Waals surface area contributed by atoms with Gasteiger partial charge in [0.2, 0.25) is 0 Å². The summed E-state index contributed by atoms with van der Waals surface area (Å²) in [6, 6.07) is 37.2. The summed E-state index contributed by atoms with van der Waals surface area (Å²) in [5.74, 6) is 0. The van der Waals surface area contributed by atoms with Crippen molar-refractivity contribution in [2.24, 2.45) is 0 Å². The van der Waals surface area contributed by atoms with E-state index in [0.717, 1.165) is 0 Å². The van der Waals surface area contributed by atoms with E-state index in [2.05, 4.69) is 133 Å². The average Bonchev–Trinajstić information content (AvgIpc) is 3.09. The Labute approximate surface area is 192 Å². The second-order valence-electron chi connectivity index (χ2n) is 8.47. The molecular formula is C28H29N2OP. The van der Waals surface area contributed by atoms with Gasteiger partial charge in [-0.1, -0.05) is 97.1 Å². The number of hydrogen-bond donors (Lipinski definition) is 0. The van der Waals surface area contributed by atoms with Gasteiger partial charge < -0.3 is 4.52 Å². The largest absolute Gasteiger partial charge is 0.323 e.